The molecule has 0 unspecified atom stereocenters. The van der Waals surface area contributed by atoms with Gasteiger partial charge in [-0.25, -0.2) is 14.8 Å². The Labute approximate surface area is 219 Å². The number of carbonyl (C=O) groups is 1. The van der Waals surface area contributed by atoms with E-state index in [4.69, 9.17) is 19.7 Å². The van der Waals surface area contributed by atoms with Crippen LogP contribution in [0.25, 0.3) is 32.6 Å². The molecule has 0 saturated carbocycles. The number of aryl methyl sites for hydroxylation is 1. The zero-order chi connectivity index (χ0) is 27.4. The number of nitrogens with one attached hydrogen (secondary N) is 1. The van der Waals surface area contributed by atoms with Gasteiger partial charge in [-0.3, -0.25) is 4.68 Å². The van der Waals surface area contributed by atoms with Crippen molar-refractivity contribution in [3.05, 3.63) is 58.1 Å². The molecule has 4 rings (SSSR count). The third-order valence-corrected chi connectivity index (χ3v) is 6.10. The Morgan fingerprint density at radius 3 is 2.66 bits per heavy atom. The van der Waals surface area contributed by atoms with Crippen LogP contribution in [0.3, 0.4) is 0 Å². The van der Waals surface area contributed by atoms with Gasteiger partial charge in [-0.1, -0.05) is 5.11 Å². The van der Waals surface area contributed by atoms with Crippen LogP contribution in [-0.2, 0) is 24.9 Å². The molecule has 0 atom stereocenters. The van der Waals surface area contributed by atoms with Gasteiger partial charge in [0.2, 0.25) is 0 Å². The Morgan fingerprint density at radius 2 is 2.00 bits per heavy atom. The molecule has 13 nitrogen and oxygen atoms in total. The number of esters is 1. The molecular formula is C25H29N9O4. The van der Waals surface area contributed by atoms with E-state index >= 15 is 0 Å². The van der Waals surface area contributed by atoms with Gasteiger partial charge in [0.25, 0.3) is 0 Å². The topological polar surface area (TPSA) is 154 Å². The summed E-state index contributed by atoms with van der Waals surface area (Å²) in [5.74, 6) is 1.28. The van der Waals surface area contributed by atoms with Gasteiger partial charge in [0.05, 0.1) is 33.3 Å². The van der Waals surface area contributed by atoms with Gasteiger partial charge in [-0.05, 0) is 31.5 Å². The Morgan fingerprint density at radius 1 is 1.21 bits per heavy atom. The molecule has 38 heavy (non-hydrogen) atoms. The SMILES string of the molecule is COC(=O)c1nn(C)cc1-c1c(CN=[N+]=[N-])n(C(C)C)c2ncnc(NCc3ccc(OC)cc3OC)c12. The number of azide groups is 1. The first-order valence-electron chi connectivity index (χ1n) is 11.8. The lowest BCUT2D eigenvalue weighted by Crippen LogP contribution is -2.07. The summed E-state index contributed by atoms with van der Waals surface area (Å²) in [6.07, 6.45) is 3.20. The molecule has 0 aliphatic rings. The van der Waals surface area contributed by atoms with E-state index in [-0.39, 0.29) is 18.3 Å². The molecular weight excluding hydrogens is 490 g/mol. The first kappa shape index (κ1) is 26.3. The number of anilines is 1. The van der Waals surface area contributed by atoms with Crippen molar-refractivity contribution >= 4 is 22.8 Å². The molecule has 0 aliphatic heterocycles. The minimum Gasteiger partial charge on any atom is -0.497 e. The fraction of sp³-hybridized carbons (Fsp3) is 0.360. The van der Waals surface area contributed by atoms with Crippen LogP contribution >= 0.6 is 0 Å². The zero-order valence-electron chi connectivity index (χ0n) is 22.1. The summed E-state index contributed by atoms with van der Waals surface area (Å²) in [6.45, 7) is 4.42. The highest BCUT2D eigenvalue weighted by Gasteiger charge is 2.29. The third kappa shape index (κ3) is 4.78. The molecule has 0 spiro atoms. The summed E-state index contributed by atoms with van der Waals surface area (Å²) >= 11 is 0. The molecule has 0 saturated heterocycles. The third-order valence-electron chi connectivity index (χ3n) is 6.10. The second-order valence-electron chi connectivity index (χ2n) is 8.68. The van der Waals surface area contributed by atoms with E-state index in [9.17, 15) is 4.79 Å². The van der Waals surface area contributed by atoms with Crippen LogP contribution < -0.4 is 14.8 Å². The lowest BCUT2D eigenvalue weighted by molar-refractivity contribution is 0.0594. The number of nitrogens with zero attached hydrogens (tertiary/aromatic N) is 8. The highest BCUT2D eigenvalue weighted by atomic mass is 16.5. The highest BCUT2D eigenvalue weighted by Crippen LogP contribution is 2.41. The highest BCUT2D eigenvalue weighted by molar-refractivity contribution is 6.07. The maximum atomic E-state index is 12.7. The molecule has 3 aromatic heterocycles. The van der Waals surface area contributed by atoms with Crippen molar-refractivity contribution in [1.29, 1.82) is 0 Å². The van der Waals surface area contributed by atoms with Crippen LogP contribution in [0.15, 0.2) is 35.8 Å². The number of carbonyl (C=O) groups excluding carboxylic acids is 1. The summed E-state index contributed by atoms with van der Waals surface area (Å²) < 4.78 is 19.4. The normalized spacial score (nSPS) is 10.9. The fourth-order valence-corrected chi connectivity index (χ4v) is 4.51. The van der Waals surface area contributed by atoms with Crippen molar-refractivity contribution in [2.24, 2.45) is 12.2 Å². The van der Waals surface area contributed by atoms with E-state index in [1.54, 1.807) is 27.5 Å². The number of hydrogen-bond acceptors (Lipinski definition) is 9. The maximum Gasteiger partial charge on any atom is 0.359 e. The average molecular weight is 520 g/mol. The van der Waals surface area contributed by atoms with Crippen LogP contribution in [0.4, 0.5) is 5.82 Å². The quantitative estimate of drug-likeness (QED) is 0.138. The Balaban J connectivity index is 1.96. The van der Waals surface area contributed by atoms with Crippen molar-refractivity contribution in [1.82, 2.24) is 24.3 Å². The second kappa shape index (κ2) is 11.1. The van der Waals surface area contributed by atoms with E-state index < -0.39 is 5.97 Å². The van der Waals surface area contributed by atoms with Crippen molar-refractivity contribution < 1.29 is 19.0 Å². The van der Waals surface area contributed by atoms with Crippen LogP contribution in [0.5, 0.6) is 11.5 Å². The number of aromatic nitrogens is 5. The van der Waals surface area contributed by atoms with Gasteiger partial charge < -0.3 is 24.1 Å². The largest absolute Gasteiger partial charge is 0.497 e. The number of hydrogen-bond donors (Lipinski definition) is 1. The van der Waals surface area contributed by atoms with E-state index in [0.29, 0.717) is 51.7 Å². The summed E-state index contributed by atoms with van der Waals surface area (Å²) in [5.41, 5.74) is 12.6. The Hall–Kier alpha value is -4.77. The van der Waals surface area contributed by atoms with Gasteiger partial charge in [-0.2, -0.15) is 5.10 Å². The zero-order valence-corrected chi connectivity index (χ0v) is 22.1. The lowest BCUT2D eigenvalue weighted by atomic mass is 10.0. The fourth-order valence-electron chi connectivity index (χ4n) is 4.51. The van der Waals surface area contributed by atoms with Gasteiger partial charge in [0, 0.05) is 59.2 Å². The number of methoxy groups -OCH3 is 3. The molecule has 0 fully saturated rings. The van der Waals surface area contributed by atoms with Gasteiger partial charge in [-0.15, -0.1) is 0 Å². The molecule has 1 N–H and O–H groups in total. The summed E-state index contributed by atoms with van der Waals surface area (Å²) in [6, 6.07) is 5.53. The molecule has 13 heteroatoms. The van der Waals surface area contributed by atoms with Gasteiger partial charge in [0.1, 0.15) is 29.3 Å². The van der Waals surface area contributed by atoms with Gasteiger partial charge in [0.15, 0.2) is 5.69 Å². The molecule has 1 aromatic carbocycles. The molecule has 198 valence electrons. The standard InChI is InChI=1S/C25H29N9O4/c1-14(2)34-18(11-30-32-26)20(17-12-33(3)31-22(17)25(35)38-6)21-23(28-13-29-24(21)34)27-10-15-7-8-16(36-4)9-19(15)37-5/h7-9,12-14H,10-11H2,1-6H3,(H,27,28,29). The van der Waals surface area contributed by atoms with Crippen LogP contribution in [0.1, 0.15) is 41.6 Å². The molecule has 0 bridgehead atoms. The van der Waals surface area contributed by atoms with Crippen LogP contribution in [0, 0.1) is 0 Å². The van der Waals surface area contributed by atoms with E-state index in [0.717, 1.165) is 5.56 Å². The minimum atomic E-state index is -0.588. The number of ether oxygens (including phenoxy) is 3. The summed E-state index contributed by atoms with van der Waals surface area (Å²) in [7, 11) is 6.22. The molecule has 3 heterocycles. The smallest absolute Gasteiger partial charge is 0.359 e. The van der Waals surface area contributed by atoms with E-state index in [1.807, 2.05) is 36.6 Å². The maximum absolute atomic E-state index is 12.7. The second-order valence-corrected chi connectivity index (χ2v) is 8.68. The molecule has 0 amide bonds. The predicted octanol–water partition coefficient (Wildman–Crippen LogP) is 4.64. The van der Waals surface area contributed by atoms with Crippen molar-refractivity contribution in [3.63, 3.8) is 0 Å². The molecule has 0 radical (unpaired) electrons. The monoisotopic (exact) mass is 519 g/mol. The number of fused-ring (bicyclic) bond motifs is 1. The first-order chi connectivity index (χ1) is 18.3. The van der Waals surface area contributed by atoms with Crippen molar-refractivity contribution in [3.8, 4) is 22.6 Å². The van der Waals surface area contributed by atoms with E-state index in [1.165, 1.54) is 18.1 Å². The number of benzene rings is 1. The van der Waals surface area contributed by atoms with E-state index in [2.05, 4.69) is 30.4 Å². The molecule has 4 aromatic rings. The van der Waals surface area contributed by atoms with Crippen LogP contribution in [-0.4, -0.2) is 51.6 Å². The Kier molecular flexibility index (Phi) is 7.68. The summed E-state index contributed by atoms with van der Waals surface area (Å²) in [4.78, 5) is 24.8. The molecule has 0 aliphatic carbocycles. The van der Waals surface area contributed by atoms with Crippen molar-refractivity contribution in [2.75, 3.05) is 26.6 Å². The predicted molar refractivity (Wildman–Crippen MR) is 141 cm³/mol. The van der Waals surface area contributed by atoms with Crippen LogP contribution in [0.2, 0.25) is 0 Å². The average Bonchev–Trinajstić information content (AvgIpc) is 3.47. The van der Waals surface area contributed by atoms with Crippen molar-refractivity contribution in [2.45, 2.75) is 33.0 Å². The first-order valence-corrected chi connectivity index (χ1v) is 11.8. The summed E-state index contributed by atoms with van der Waals surface area (Å²) in [5, 5.41) is 12.3. The Bertz CT molecular complexity index is 1530. The minimum absolute atomic E-state index is 0.0294. The number of rotatable bonds is 10. The lowest BCUT2D eigenvalue weighted by Gasteiger charge is -2.13. The van der Waals surface area contributed by atoms with Gasteiger partial charge >= 0.3 is 5.97 Å².